The molecule has 0 bridgehead atoms. The summed E-state index contributed by atoms with van der Waals surface area (Å²) in [5.41, 5.74) is -1.50. The summed E-state index contributed by atoms with van der Waals surface area (Å²) in [6, 6.07) is 5.49. The number of benzene rings is 1. The van der Waals surface area contributed by atoms with Crippen LogP contribution in [0.25, 0.3) is 21.1 Å². The molecule has 12 nitrogen and oxygen atoms in total. The van der Waals surface area contributed by atoms with Crippen LogP contribution in [0, 0.1) is 5.82 Å². The lowest BCUT2D eigenvalue weighted by molar-refractivity contribution is -0.00235. The number of carbonyl (C=O) groups is 1. The van der Waals surface area contributed by atoms with E-state index in [1.165, 1.54) is 23.5 Å². The predicted molar refractivity (Wildman–Crippen MR) is 186 cm³/mol. The Hall–Kier alpha value is -2.87. The minimum absolute atomic E-state index is 0.165. The number of anilines is 1. The van der Waals surface area contributed by atoms with Gasteiger partial charge >= 0.3 is 13.9 Å². The standard InChI is InChI=1S/C32H46ClFN5O7PS/c1-19(2)36-26-13-12-20(16-35-26)27-38-39-28(48-27)22-14-24(34)25(15-23(22)33)42-17-21(37-29(40)44-30(3,4)5)18-43-47(41,45-31(6,7)8)46-32(9,10)11/h12-16,19,21H,17-18H2,1-11H3,(H,35,36)(H,37,40)/t21-/m0/s1. The van der Waals surface area contributed by atoms with Crippen molar-refractivity contribution in [1.29, 1.82) is 0 Å². The number of halogens is 2. The lowest BCUT2D eigenvalue weighted by atomic mass is 10.2. The quantitative estimate of drug-likeness (QED) is 0.163. The highest BCUT2D eigenvalue weighted by Crippen LogP contribution is 2.55. The molecule has 1 aromatic carbocycles. The molecule has 3 rings (SSSR count). The summed E-state index contributed by atoms with van der Waals surface area (Å²) in [6.07, 6.45) is 0.896. The van der Waals surface area contributed by atoms with Crippen LogP contribution in [0.2, 0.25) is 5.02 Å². The molecule has 0 saturated carbocycles. The third kappa shape index (κ3) is 13.2. The molecular formula is C32H46ClFN5O7PS. The Morgan fingerprint density at radius 2 is 1.58 bits per heavy atom. The number of alkyl carbamates (subject to hydrolysis) is 1. The second-order valence-corrected chi connectivity index (χ2v) is 17.1. The van der Waals surface area contributed by atoms with E-state index in [0.717, 1.165) is 11.4 Å². The number of carbonyl (C=O) groups excluding carboxylic acids is 1. The Morgan fingerprint density at radius 1 is 0.958 bits per heavy atom. The van der Waals surface area contributed by atoms with Gasteiger partial charge in [0.15, 0.2) is 11.6 Å². The van der Waals surface area contributed by atoms with Crippen molar-refractivity contribution in [1.82, 2.24) is 20.5 Å². The number of aromatic nitrogens is 3. The molecule has 0 spiro atoms. The van der Waals surface area contributed by atoms with E-state index in [-0.39, 0.29) is 30.0 Å². The summed E-state index contributed by atoms with van der Waals surface area (Å²) in [5, 5.41) is 15.4. The van der Waals surface area contributed by atoms with Crippen molar-refractivity contribution in [2.45, 2.75) is 105 Å². The number of hydrogen-bond acceptors (Lipinski definition) is 12. The largest absolute Gasteiger partial charge is 0.488 e. The minimum atomic E-state index is -4.14. The highest BCUT2D eigenvalue weighted by Gasteiger charge is 2.38. The first-order valence-corrected chi connectivity index (χ1v) is 18.0. The van der Waals surface area contributed by atoms with Gasteiger partial charge in [-0.15, -0.1) is 10.2 Å². The second kappa shape index (κ2) is 15.8. The zero-order valence-electron chi connectivity index (χ0n) is 29.3. The van der Waals surface area contributed by atoms with Gasteiger partial charge in [0.2, 0.25) is 0 Å². The molecule has 0 aliphatic heterocycles. The van der Waals surface area contributed by atoms with Gasteiger partial charge in [0.1, 0.15) is 28.0 Å². The normalized spacial score (nSPS) is 13.4. The number of ether oxygens (including phenoxy) is 2. The van der Waals surface area contributed by atoms with Crippen LogP contribution in [0.3, 0.4) is 0 Å². The van der Waals surface area contributed by atoms with Crippen molar-refractivity contribution in [3.05, 3.63) is 41.3 Å². The number of nitrogens with one attached hydrogen (secondary N) is 2. The van der Waals surface area contributed by atoms with E-state index in [0.29, 0.717) is 15.6 Å². The molecule has 0 aliphatic carbocycles. The molecule has 3 aromatic rings. The fourth-order valence-electron chi connectivity index (χ4n) is 3.87. The van der Waals surface area contributed by atoms with Gasteiger partial charge in [0.05, 0.1) is 28.9 Å². The molecule has 2 aromatic heterocycles. The maximum atomic E-state index is 15.4. The lowest BCUT2D eigenvalue weighted by Gasteiger charge is -2.32. The summed E-state index contributed by atoms with van der Waals surface area (Å²) in [6.45, 7) is 18.7. The van der Waals surface area contributed by atoms with E-state index in [1.54, 1.807) is 68.5 Å². The average Bonchev–Trinajstić information content (AvgIpc) is 3.38. The first-order valence-electron chi connectivity index (χ1n) is 15.4. The SMILES string of the molecule is CC(C)Nc1ccc(-c2nnc(-c3cc(F)c(OC[C@@H](COP(=O)(OC(C)(C)C)OC(C)(C)C)NC(=O)OC(C)(C)C)cc3Cl)s2)cn1. The molecule has 0 aliphatic rings. The summed E-state index contributed by atoms with van der Waals surface area (Å²) in [4.78, 5) is 17.1. The Labute approximate surface area is 291 Å². The molecule has 1 atom stereocenters. The van der Waals surface area contributed by atoms with E-state index in [2.05, 4.69) is 25.8 Å². The van der Waals surface area contributed by atoms with E-state index in [1.807, 2.05) is 26.0 Å². The van der Waals surface area contributed by atoms with E-state index < -0.39 is 42.6 Å². The number of nitrogens with zero attached hydrogens (tertiary/aromatic N) is 3. The van der Waals surface area contributed by atoms with Gasteiger partial charge in [-0.25, -0.2) is 18.7 Å². The maximum absolute atomic E-state index is 15.4. The highest BCUT2D eigenvalue weighted by atomic mass is 35.5. The van der Waals surface area contributed by atoms with Gasteiger partial charge in [0, 0.05) is 29.4 Å². The first-order chi connectivity index (χ1) is 22.0. The third-order valence-corrected chi connectivity index (χ3v) is 8.82. The molecule has 48 heavy (non-hydrogen) atoms. The number of rotatable bonds is 13. The summed E-state index contributed by atoms with van der Waals surface area (Å²) < 4.78 is 57.2. The van der Waals surface area contributed by atoms with E-state index in [9.17, 15) is 9.36 Å². The second-order valence-electron chi connectivity index (χ2n) is 14.2. The zero-order valence-corrected chi connectivity index (χ0v) is 31.7. The summed E-state index contributed by atoms with van der Waals surface area (Å²) >= 11 is 7.79. The monoisotopic (exact) mass is 729 g/mol. The van der Waals surface area contributed by atoms with Crippen molar-refractivity contribution in [3.63, 3.8) is 0 Å². The number of phosphoric ester groups is 1. The minimum Gasteiger partial charge on any atom is -0.488 e. The van der Waals surface area contributed by atoms with Gasteiger partial charge in [0.25, 0.3) is 0 Å². The Bertz CT molecular complexity index is 1570. The number of hydrogen-bond donors (Lipinski definition) is 2. The first kappa shape index (κ1) is 39.6. The Balaban J connectivity index is 1.79. The van der Waals surface area contributed by atoms with Gasteiger partial charge in [-0.05, 0) is 94.4 Å². The molecule has 266 valence electrons. The fraction of sp³-hybridized carbons (Fsp3) is 0.562. The third-order valence-electron chi connectivity index (χ3n) is 5.49. The molecule has 0 radical (unpaired) electrons. The number of amides is 1. The summed E-state index contributed by atoms with van der Waals surface area (Å²) in [7, 11) is -4.14. The topological polar surface area (TPSA) is 143 Å². The van der Waals surface area contributed by atoms with Crippen LogP contribution in [0.4, 0.5) is 15.0 Å². The molecule has 0 saturated heterocycles. The van der Waals surface area contributed by atoms with Crippen molar-refractivity contribution in [2.24, 2.45) is 0 Å². The summed E-state index contributed by atoms with van der Waals surface area (Å²) in [5.74, 6) is -0.187. The van der Waals surface area contributed by atoms with Gasteiger partial charge in [-0.2, -0.15) is 0 Å². The van der Waals surface area contributed by atoms with Crippen LogP contribution in [0.15, 0.2) is 30.5 Å². The van der Waals surface area contributed by atoms with Crippen molar-refractivity contribution in [2.75, 3.05) is 18.5 Å². The smallest absolute Gasteiger partial charge is 0.475 e. The lowest BCUT2D eigenvalue weighted by Crippen LogP contribution is -2.44. The van der Waals surface area contributed by atoms with Crippen molar-refractivity contribution < 1.29 is 36.8 Å². The van der Waals surface area contributed by atoms with E-state index >= 15 is 4.39 Å². The molecule has 0 unspecified atom stereocenters. The molecule has 2 heterocycles. The molecule has 1 amide bonds. The Morgan fingerprint density at radius 3 is 2.12 bits per heavy atom. The van der Waals surface area contributed by atoms with Crippen LogP contribution in [-0.2, 0) is 22.9 Å². The molecule has 16 heteroatoms. The zero-order chi connectivity index (χ0) is 36.1. The highest BCUT2D eigenvalue weighted by molar-refractivity contribution is 7.48. The van der Waals surface area contributed by atoms with Crippen molar-refractivity contribution >= 4 is 42.7 Å². The van der Waals surface area contributed by atoms with Crippen LogP contribution in [0.5, 0.6) is 5.75 Å². The van der Waals surface area contributed by atoms with Crippen LogP contribution in [-0.4, -0.2) is 63.4 Å². The number of pyridine rings is 1. The van der Waals surface area contributed by atoms with Crippen LogP contribution < -0.4 is 15.4 Å². The van der Waals surface area contributed by atoms with Crippen LogP contribution >= 0.6 is 30.8 Å². The molecular weight excluding hydrogens is 684 g/mol. The fourth-order valence-corrected chi connectivity index (χ4v) is 6.88. The average molecular weight is 730 g/mol. The predicted octanol–water partition coefficient (Wildman–Crippen LogP) is 8.91. The Kier molecular flexibility index (Phi) is 13.0. The van der Waals surface area contributed by atoms with Crippen LogP contribution in [0.1, 0.15) is 76.2 Å². The number of phosphoric acid groups is 1. The van der Waals surface area contributed by atoms with E-state index in [4.69, 9.17) is 34.6 Å². The molecule has 2 N–H and O–H groups in total. The van der Waals surface area contributed by atoms with Gasteiger partial charge in [-0.3, -0.25) is 13.6 Å². The molecule has 0 fully saturated rings. The maximum Gasteiger partial charge on any atom is 0.475 e. The van der Waals surface area contributed by atoms with Gasteiger partial charge in [-0.1, -0.05) is 22.9 Å². The van der Waals surface area contributed by atoms with Crippen molar-refractivity contribution in [3.8, 4) is 26.9 Å². The van der Waals surface area contributed by atoms with Gasteiger partial charge < -0.3 is 20.1 Å².